The molecule has 0 nitrogen and oxygen atoms in total. The molecular formula is C70H57SiZr. The van der Waals surface area contributed by atoms with Crippen LogP contribution in [0.1, 0.15) is 50.7 Å². The van der Waals surface area contributed by atoms with E-state index in [2.05, 4.69) is 250 Å². The van der Waals surface area contributed by atoms with E-state index in [0.29, 0.717) is 0 Å². The number of unbranched alkanes of at least 4 members (excludes halogenated alkanes) is 2. The van der Waals surface area contributed by atoms with Crippen molar-refractivity contribution in [2.45, 2.75) is 52.4 Å². The summed E-state index contributed by atoms with van der Waals surface area (Å²) in [5.41, 5.74) is 16.1. The van der Waals surface area contributed by atoms with E-state index in [1.54, 1.807) is 0 Å². The molecule has 1 aliphatic rings. The Morgan fingerprint density at radius 1 is 0.361 bits per heavy atom. The van der Waals surface area contributed by atoms with E-state index in [1.165, 1.54) is 146 Å². The minimum absolute atomic E-state index is 0. The van der Waals surface area contributed by atoms with Gasteiger partial charge in [0.25, 0.3) is 0 Å². The first kappa shape index (κ1) is 48.7. The average molecular weight is 1020 g/mol. The van der Waals surface area contributed by atoms with Crippen LogP contribution in [0.5, 0.6) is 0 Å². The van der Waals surface area contributed by atoms with Crippen molar-refractivity contribution in [3.8, 4) is 55.6 Å². The van der Waals surface area contributed by atoms with Gasteiger partial charge in [-0.3, -0.25) is 0 Å². The minimum Gasteiger partial charge on any atom is -0.184 e. The second-order valence-corrected chi connectivity index (χ2v) is 20.1. The predicted octanol–water partition coefficient (Wildman–Crippen LogP) is 17.9. The van der Waals surface area contributed by atoms with E-state index >= 15 is 0 Å². The number of aryl methyl sites for hydroxylation is 2. The minimum atomic E-state index is 0. The van der Waals surface area contributed by atoms with Crippen LogP contribution in [0.15, 0.2) is 237 Å². The number of rotatable bonds is 10. The van der Waals surface area contributed by atoms with Gasteiger partial charge >= 0.3 is 26.2 Å². The zero-order valence-electron chi connectivity index (χ0n) is 41.3. The molecule has 0 fully saturated rings. The molecule has 1 heterocycles. The first-order chi connectivity index (χ1) is 35.1. The van der Waals surface area contributed by atoms with Gasteiger partial charge in [-0.15, -0.1) is 74.6 Å². The maximum atomic E-state index is 3.31. The van der Waals surface area contributed by atoms with Gasteiger partial charge in [-0.2, -0.15) is 41.6 Å². The van der Waals surface area contributed by atoms with Crippen molar-refractivity contribution in [3.63, 3.8) is 0 Å². The van der Waals surface area contributed by atoms with Gasteiger partial charge in [-0.05, 0) is 67.8 Å². The predicted molar refractivity (Wildman–Crippen MR) is 309 cm³/mol. The average Bonchev–Trinajstić information content (AvgIpc) is 4.17. The molecule has 12 aromatic rings. The first-order valence-electron chi connectivity index (χ1n) is 25.5. The Labute approximate surface area is 447 Å². The Balaban J connectivity index is 0.000000132. The van der Waals surface area contributed by atoms with E-state index < -0.39 is 0 Å². The topological polar surface area (TPSA) is 0 Å². The molecule has 0 bridgehead atoms. The maximum absolute atomic E-state index is 3.31. The van der Waals surface area contributed by atoms with Crippen molar-refractivity contribution in [2.24, 2.45) is 0 Å². The summed E-state index contributed by atoms with van der Waals surface area (Å²) < 4.78 is 0. The molecule has 3 radical (unpaired) electrons. The number of hydrogen-bond acceptors (Lipinski definition) is 0. The van der Waals surface area contributed by atoms with Crippen LogP contribution in [0.4, 0.5) is 0 Å². The van der Waals surface area contributed by atoms with Crippen LogP contribution in [0, 0.1) is 6.07 Å². The van der Waals surface area contributed by atoms with Gasteiger partial charge in [0.1, 0.15) is 0 Å². The third-order valence-corrected chi connectivity index (χ3v) is 15.6. The molecule has 0 amide bonds. The number of benzene rings is 10. The van der Waals surface area contributed by atoms with Crippen molar-refractivity contribution in [1.82, 2.24) is 0 Å². The standard InChI is InChI=1S/2C29H25.C12H7Si.Zr/c2*1-2-3-10-21-19-23-13-9-18-28(29(23)20-21)27-16-7-6-15-26(27)25-17-8-12-22-11-4-5-14-24(22)25;1-3-7-11-9(5-1)10-6-2-4-8-12(10)13-11;/h2*4-9,11-20H,2-3,10H2,1H3;1-7H;/q3*-1;+3. The van der Waals surface area contributed by atoms with Crippen molar-refractivity contribution < 1.29 is 26.2 Å². The summed E-state index contributed by atoms with van der Waals surface area (Å²) in [6, 6.07) is 89.4. The molecule has 0 spiro atoms. The summed E-state index contributed by atoms with van der Waals surface area (Å²) in [6.45, 7) is 4.52. The molecule has 12 aromatic carbocycles. The van der Waals surface area contributed by atoms with Crippen LogP contribution >= 0.6 is 0 Å². The van der Waals surface area contributed by atoms with Crippen LogP contribution in [-0.2, 0) is 39.0 Å². The zero-order chi connectivity index (χ0) is 47.9. The molecule has 13 rings (SSSR count). The van der Waals surface area contributed by atoms with Crippen LogP contribution in [0.3, 0.4) is 0 Å². The Kier molecular flexibility index (Phi) is 15.3. The van der Waals surface area contributed by atoms with Crippen LogP contribution in [0.2, 0.25) is 0 Å². The van der Waals surface area contributed by atoms with Crippen LogP contribution in [0.25, 0.3) is 98.7 Å². The molecule has 72 heavy (non-hydrogen) atoms. The summed E-state index contributed by atoms with van der Waals surface area (Å²) in [7, 11) is 0.795. The normalized spacial score (nSPS) is 11.4. The van der Waals surface area contributed by atoms with E-state index in [-0.39, 0.29) is 26.2 Å². The van der Waals surface area contributed by atoms with E-state index in [1.807, 2.05) is 6.07 Å². The summed E-state index contributed by atoms with van der Waals surface area (Å²) in [4.78, 5) is 0. The van der Waals surface area contributed by atoms with Crippen LogP contribution in [-0.4, -0.2) is 9.52 Å². The first-order valence-corrected chi connectivity index (χ1v) is 26.5. The molecule has 0 saturated heterocycles. The summed E-state index contributed by atoms with van der Waals surface area (Å²) in [5, 5.41) is 13.4. The molecule has 0 N–H and O–H groups in total. The van der Waals surface area contributed by atoms with Gasteiger partial charge < -0.3 is 0 Å². The fourth-order valence-electron chi connectivity index (χ4n) is 10.7. The molecule has 1 aliphatic heterocycles. The van der Waals surface area contributed by atoms with E-state index in [4.69, 9.17) is 0 Å². The van der Waals surface area contributed by atoms with Crippen molar-refractivity contribution >= 4 is 63.0 Å². The van der Waals surface area contributed by atoms with Gasteiger partial charge in [0.15, 0.2) is 0 Å². The van der Waals surface area contributed by atoms with Crippen molar-refractivity contribution in [1.29, 1.82) is 0 Å². The SMILES string of the molecule is CCCCc1cc2c(-c3ccccc3-c3cccc4ccccc34)cccc2[cH-]1.CCCCc1cc2c(-c3ccccc3-c3cccc4ccccc34)cccc2[cH-]1.[Zr+3].[c-]1cccc2c1[Si]c1ccccc1-2. The molecule has 0 atom stereocenters. The monoisotopic (exact) mass is 1020 g/mol. The van der Waals surface area contributed by atoms with E-state index in [9.17, 15) is 0 Å². The summed E-state index contributed by atoms with van der Waals surface area (Å²) in [5.74, 6) is 0. The molecule has 345 valence electrons. The molecule has 0 aliphatic carbocycles. The molecular weight excluding hydrogens is 960 g/mol. The van der Waals surface area contributed by atoms with Crippen LogP contribution < -0.4 is 10.4 Å². The number of fused-ring (bicyclic) bond motifs is 7. The smallest absolute Gasteiger partial charge is 0.184 e. The summed E-state index contributed by atoms with van der Waals surface area (Å²) >= 11 is 0. The molecule has 0 aromatic heterocycles. The fourth-order valence-corrected chi connectivity index (χ4v) is 12.0. The second kappa shape index (κ2) is 22.6. The van der Waals surface area contributed by atoms with Gasteiger partial charge in [0.05, 0.1) is 9.52 Å². The molecule has 2 heteroatoms. The van der Waals surface area contributed by atoms with Gasteiger partial charge in [-0.25, -0.2) is 0 Å². The fraction of sp³-hybridized carbons (Fsp3) is 0.114. The zero-order valence-corrected chi connectivity index (χ0v) is 44.7. The maximum Gasteiger partial charge on any atom is 3.00 e. The quantitative estimate of drug-likeness (QED) is 0.0946. The van der Waals surface area contributed by atoms with Crippen molar-refractivity contribution in [3.05, 3.63) is 254 Å². The van der Waals surface area contributed by atoms with Gasteiger partial charge in [0.2, 0.25) is 0 Å². The number of hydrogen-bond donors (Lipinski definition) is 0. The molecule has 0 saturated carbocycles. The largest absolute Gasteiger partial charge is 3.00 e. The van der Waals surface area contributed by atoms with Gasteiger partial charge in [-0.1, -0.05) is 231 Å². The third-order valence-electron chi connectivity index (χ3n) is 14.2. The Hall–Kier alpha value is -6.96. The second-order valence-electron chi connectivity index (χ2n) is 18.8. The van der Waals surface area contributed by atoms with Crippen molar-refractivity contribution in [2.75, 3.05) is 0 Å². The Morgan fingerprint density at radius 3 is 1.22 bits per heavy atom. The Morgan fingerprint density at radius 2 is 0.736 bits per heavy atom. The Bertz CT molecular complexity index is 3530. The summed E-state index contributed by atoms with van der Waals surface area (Å²) in [6.07, 6.45) is 7.29. The van der Waals surface area contributed by atoms with E-state index in [0.717, 1.165) is 22.4 Å². The molecule has 0 unspecified atom stereocenters. The third kappa shape index (κ3) is 10.1. The van der Waals surface area contributed by atoms with Gasteiger partial charge in [0, 0.05) is 0 Å².